The van der Waals surface area contributed by atoms with Crippen LogP contribution in [0, 0.1) is 17.7 Å². The summed E-state index contributed by atoms with van der Waals surface area (Å²) in [5, 5.41) is 8.61. The van der Waals surface area contributed by atoms with Crippen molar-refractivity contribution < 1.29 is 17.9 Å². The van der Waals surface area contributed by atoms with Gasteiger partial charge in [-0.2, -0.15) is 0 Å². The Kier molecular flexibility index (Phi) is 6.82. The van der Waals surface area contributed by atoms with Crippen LogP contribution < -0.4 is 4.72 Å². The minimum atomic E-state index is -3.72. The van der Waals surface area contributed by atoms with Gasteiger partial charge in [-0.25, -0.2) is 17.5 Å². The molecule has 4 nitrogen and oxygen atoms in total. The van der Waals surface area contributed by atoms with Crippen molar-refractivity contribution in [2.24, 2.45) is 0 Å². The monoisotopic (exact) mass is 313 g/mol. The zero-order chi connectivity index (χ0) is 15.9. The van der Waals surface area contributed by atoms with E-state index in [1.165, 1.54) is 12.1 Å². The van der Waals surface area contributed by atoms with Gasteiger partial charge in [0.05, 0.1) is 17.1 Å². The van der Waals surface area contributed by atoms with Gasteiger partial charge < -0.3 is 5.11 Å². The summed E-state index contributed by atoms with van der Waals surface area (Å²) in [5.41, 5.74) is 0.115. The molecule has 1 unspecified atom stereocenters. The van der Waals surface area contributed by atoms with Crippen LogP contribution in [-0.4, -0.2) is 26.2 Å². The molecule has 1 aromatic rings. The Morgan fingerprint density at radius 2 is 2.14 bits per heavy atom. The predicted molar refractivity (Wildman–Crippen MR) is 79.7 cm³/mol. The van der Waals surface area contributed by atoms with Crippen molar-refractivity contribution in [2.75, 3.05) is 6.61 Å². The predicted octanol–water partition coefficient (Wildman–Crippen LogP) is 2.03. The van der Waals surface area contributed by atoms with Crippen LogP contribution in [0.15, 0.2) is 23.1 Å². The molecule has 0 aliphatic heterocycles. The van der Waals surface area contributed by atoms with Gasteiger partial charge in [0.2, 0.25) is 10.0 Å². The van der Waals surface area contributed by atoms with Gasteiger partial charge >= 0.3 is 0 Å². The fourth-order valence-electron chi connectivity index (χ4n) is 1.80. The number of halogens is 1. The fourth-order valence-corrected chi connectivity index (χ4v) is 3.09. The highest BCUT2D eigenvalue weighted by Gasteiger charge is 2.18. The summed E-state index contributed by atoms with van der Waals surface area (Å²) in [7, 11) is -3.72. The first kappa shape index (κ1) is 17.6. The second kappa shape index (κ2) is 8.13. The van der Waals surface area contributed by atoms with Crippen molar-refractivity contribution in [1.29, 1.82) is 0 Å². The van der Waals surface area contributed by atoms with Crippen LogP contribution in [-0.2, 0) is 10.0 Å². The lowest BCUT2D eigenvalue weighted by atomic mass is 10.2. The molecule has 0 aliphatic carbocycles. The van der Waals surface area contributed by atoms with Crippen molar-refractivity contribution in [3.05, 3.63) is 29.6 Å². The van der Waals surface area contributed by atoms with Crippen LogP contribution in [0.4, 0.5) is 4.39 Å². The van der Waals surface area contributed by atoms with Crippen molar-refractivity contribution in [2.45, 2.75) is 44.0 Å². The third-order valence-corrected chi connectivity index (χ3v) is 4.38. The van der Waals surface area contributed by atoms with Gasteiger partial charge in [0.1, 0.15) is 5.82 Å². The van der Waals surface area contributed by atoms with E-state index in [1.54, 1.807) is 6.92 Å². The summed E-state index contributed by atoms with van der Waals surface area (Å²) in [6.07, 6.45) is 1.82. The highest BCUT2D eigenvalue weighted by atomic mass is 32.2. The van der Waals surface area contributed by atoms with Gasteiger partial charge in [-0.15, -0.1) is 0 Å². The average Bonchev–Trinajstić information content (AvgIpc) is 2.40. The molecule has 1 rings (SSSR count). The minimum Gasteiger partial charge on any atom is -0.395 e. The number of rotatable bonds is 6. The third-order valence-electron chi connectivity index (χ3n) is 2.79. The molecule has 1 atom stereocenters. The zero-order valence-corrected chi connectivity index (χ0v) is 13.0. The first-order chi connectivity index (χ1) is 9.90. The maximum atomic E-state index is 13.8. The normalized spacial score (nSPS) is 12.6. The van der Waals surface area contributed by atoms with Gasteiger partial charge in [0.15, 0.2) is 0 Å². The zero-order valence-electron chi connectivity index (χ0n) is 12.2. The molecule has 6 heteroatoms. The van der Waals surface area contributed by atoms with E-state index in [2.05, 4.69) is 16.6 Å². The second-order valence-electron chi connectivity index (χ2n) is 4.73. The quantitative estimate of drug-likeness (QED) is 0.790. The van der Waals surface area contributed by atoms with E-state index in [4.69, 9.17) is 5.11 Å². The molecule has 116 valence electrons. The molecule has 0 amide bonds. The molecule has 1 aromatic carbocycles. The number of benzene rings is 1. The molecular weight excluding hydrogens is 293 g/mol. The van der Waals surface area contributed by atoms with Gasteiger partial charge in [-0.1, -0.05) is 25.2 Å². The first-order valence-corrected chi connectivity index (χ1v) is 8.30. The molecule has 21 heavy (non-hydrogen) atoms. The fraction of sp³-hybridized carbons (Fsp3) is 0.467. The van der Waals surface area contributed by atoms with Crippen molar-refractivity contribution in [3.63, 3.8) is 0 Å². The third kappa shape index (κ3) is 5.46. The van der Waals surface area contributed by atoms with Crippen LogP contribution >= 0.6 is 0 Å². The SMILES string of the molecule is CCCC(C)NS(=O)(=O)c1ccc(C#CCCO)c(F)c1. The van der Waals surface area contributed by atoms with Crippen LogP contribution in [0.5, 0.6) is 0 Å². The van der Waals surface area contributed by atoms with Gasteiger partial charge in [-0.05, 0) is 31.5 Å². The van der Waals surface area contributed by atoms with E-state index < -0.39 is 15.8 Å². The number of aliphatic hydroxyl groups is 1. The summed E-state index contributed by atoms with van der Waals surface area (Å²) in [6.45, 7) is 3.64. The summed E-state index contributed by atoms with van der Waals surface area (Å²) in [5.74, 6) is 4.46. The van der Waals surface area contributed by atoms with E-state index in [0.717, 1.165) is 12.5 Å². The summed E-state index contributed by atoms with van der Waals surface area (Å²) >= 11 is 0. The Balaban J connectivity index is 2.95. The minimum absolute atomic E-state index is 0.0969. The Labute approximate surface area is 125 Å². The highest BCUT2D eigenvalue weighted by molar-refractivity contribution is 7.89. The summed E-state index contributed by atoms with van der Waals surface area (Å²) in [4.78, 5) is -0.115. The van der Waals surface area contributed by atoms with Crippen molar-refractivity contribution in [1.82, 2.24) is 4.72 Å². The molecule has 0 fully saturated rings. The number of nitrogens with one attached hydrogen (secondary N) is 1. The maximum Gasteiger partial charge on any atom is 0.240 e. The summed E-state index contributed by atoms with van der Waals surface area (Å²) < 4.78 is 40.5. The van der Waals surface area contributed by atoms with E-state index in [9.17, 15) is 12.8 Å². The molecule has 0 bridgehead atoms. The Morgan fingerprint density at radius 1 is 1.43 bits per heavy atom. The lowest BCUT2D eigenvalue weighted by Gasteiger charge is -2.13. The highest BCUT2D eigenvalue weighted by Crippen LogP contribution is 2.15. The van der Waals surface area contributed by atoms with Gasteiger partial charge in [0, 0.05) is 12.5 Å². The van der Waals surface area contributed by atoms with Crippen LogP contribution in [0.1, 0.15) is 38.7 Å². The number of hydrogen-bond donors (Lipinski definition) is 2. The van der Waals surface area contributed by atoms with E-state index >= 15 is 0 Å². The smallest absolute Gasteiger partial charge is 0.240 e. The Morgan fingerprint density at radius 3 is 2.71 bits per heavy atom. The lowest BCUT2D eigenvalue weighted by Crippen LogP contribution is -2.32. The molecule has 0 aromatic heterocycles. The first-order valence-electron chi connectivity index (χ1n) is 6.82. The molecule has 0 heterocycles. The van der Waals surface area contributed by atoms with Gasteiger partial charge in [0.25, 0.3) is 0 Å². The Hall–Kier alpha value is -1.42. The van der Waals surface area contributed by atoms with Gasteiger partial charge in [-0.3, -0.25) is 0 Å². The number of aliphatic hydroxyl groups excluding tert-OH is 1. The van der Waals surface area contributed by atoms with Crippen molar-refractivity contribution in [3.8, 4) is 11.8 Å². The molecule has 0 radical (unpaired) electrons. The summed E-state index contributed by atoms with van der Waals surface area (Å²) in [6, 6.07) is 3.42. The molecule has 0 saturated carbocycles. The standard InChI is InChI=1S/C15H20FNO3S/c1-3-6-12(2)17-21(19,20)14-9-8-13(15(16)11-14)7-4-5-10-18/h8-9,11-12,17-18H,3,5-6,10H2,1-2H3. The second-order valence-corrected chi connectivity index (χ2v) is 6.44. The van der Waals surface area contributed by atoms with Crippen LogP contribution in [0.2, 0.25) is 0 Å². The molecule has 0 aliphatic rings. The lowest BCUT2D eigenvalue weighted by molar-refractivity contribution is 0.305. The molecule has 0 saturated heterocycles. The van der Waals surface area contributed by atoms with Crippen LogP contribution in [0.25, 0.3) is 0 Å². The maximum absolute atomic E-state index is 13.8. The largest absolute Gasteiger partial charge is 0.395 e. The number of sulfonamides is 1. The van der Waals surface area contributed by atoms with E-state index in [0.29, 0.717) is 6.42 Å². The molecule has 2 N–H and O–H groups in total. The van der Waals surface area contributed by atoms with Crippen molar-refractivity contribution >= 4 is 10.0 Å². The van der Waals surface area contributed by atoms with Crippen LogP contribution in [0.3, 0.4) is 0 Å². The Bertz CT molecular complexity index is 632. The average molecular weight is 313 g/mol. The number of hydrogen-bond acceptors (Lipinski definition) is 3. The molecule has 0 spiro atoms. The van der Waals surface area contributed by atoms with E-state index in [-0.39, 0.29) is 29.5 Å². The molecular formula is C15H20FNO3S. The topological polar surface area (TPSA) is 66.4 Å². The van der Waals surface area contributed by atoms with E-state index in [1.807, 2.05) is 6.92 Å².